The van der Waals surface area contributed by atoms with Crippen molar-refractivity contribution in [3.8, 4) is 0 Å². The number of fused-ring (bicyclic) bond motifs is 1. The Kier molecular flexibility index (Phi) is 6.37. The number of pyridine rings is 1. The molecule has 32 heavy (non-hydrogen) atoms. The van der Waals surface area contributed by atoms with E-state index in [4.69, 9.17) is 4.99 Å². The predicted molar refractivity (Wildman–Crippen MR) is 131 cm³/mol. The molecule has 6 nitrogen and oxygen atoms in total. The minimum atomic E-state index is -0.480. The Labute approximate surface area is 192 Å². The fourth-order valence-corrected chi connectivity index (χ4v) is 5.57. The van der Waals surface area contributed by atoms with Gasteiger partial charge in [-0.3, -0.25) is 14.8 Å². The largest absolute Gasteiger partial charge is 0.391 e. The molecular formula is C25H28N4O2S. The second-order valence-electron chi connectivity index (χ2n) is 8.67. The monoisotopic (exact) mass is 448 g/mol. The average molecular weight is 449 g/mol. The number of thioether (sulfide) groups is 1. The smallest absolute Gasteiger partial charge is 0.270 e. The number of hydrogen-bond donors (Lipinski definition) is 2. The van der Waals surface area contributed by atoms with Crippen molar-refractivity contribution in [3.63, 3.8) is 0 Å². The summed E-state index contributed by atoms with van der Waals surface area (Å²) in [7, 11) is 0. The van der Waals surface area contributed by atoms with Crippen LogP contribution in [0.3, 0.4) is 0 Å². The number of allylic oxidation sites excluding steroid dienone is 1. The zero-order chi connectivity index (χ0) is 21.9. The van der Waals surface area contributed by atoms with Crippen LogP contribution in [-0.2, 0) is 6.42 Å². The average Bonchev–Trinajstić information content (AvgIpc) is 3.36. The predicted octanol–water partition coefficient (Wildman–Crippen LogP) is 3.73. The van der Waals surface area contributed by atoms with Gasteiger partial charge in [-0.15, -0.1) is 11.8 Å². The van der Waals surface area contributed by atoms with Gasteiger partial charge in [0.05, 0.1) is 22.7 Å². The van der Waals surface area contributed by atoms with Crippen molar-refractivity contribution in [2.24, 2.45) is 9.98 Å². The van der Waals surface area contributed by atoms with Crippen LogP contribution in [-0.4, -0.2) is 57.7 Å². The number of benzene rings is 1. The van der Waals surface area contributed by atoms with E-state index in [9.17, 15) is 9.90 Å². The van der Waals surface area contributed by atoms with Crippen LogP contribution < -0.4 is 5.32 Å². The van der Waals surface area contributed by atoms with Crippen molar-refractivity contribution in [2.45, 2.75) is 56.7 Å². The first-order valence-electron chi connectivity index (χ1n) is 11.4. The van der Waals surface area contributed by atoms with E-state index in [1.165, 1.54) is 0 Å². The third kappa shape index (κ3) is 4.64. The van der Waals surface area contributed by atoms with Crippen LogP contribution in [0.4, 0.5) is 0 Å². The number of aliphatic hydroxyl groups excluding tert-OH is 1. The van der Waals surface area contributed by atoms with Crippen LogP contribution in [0.1, 0.15) is 48.2 Å². The number of aliphatic imine (C=N–C) groups is 2. The van der Waals surface area contributed by atoms with Gasteiger partial charge in [-0.25, -0.2) is 4.98 Å². The summed E-state index contributed by atoms with van der Waals surface area (Å²) >= 11 is 1.81. The lowest BCUT2D eigenvalue weighted by Gasteiger charge is -2.28. The second-order valence-corrected chi connectivity index (χ2v) is 9.78. The number of hydrogen-bond acceptors (Lipinski definition) is 6. The van der Waals surface area contributed by atoms with E-state index < -0.39 is 6.10 Å². The lowest BCUT2D eigenvalue weighted by atomic mass is 9.92. The van der Waals surface area contributed by atoms with Gasteiger partial charge >= 0.3 is 0 Å². The first-order chi connectivity index (χ1) is 15.7. The zero-order valence-electron chi connectivity index (χ0n) is 18.0. The van der Waals surface area contributed by atoms with E-state index in [1.807, 2.05) is 42.2 Å². The highest BCUT2D eigenvalue weighted by molar-refractivity contribution is 8.14. The van der Waals surface area contributed by atoms with Crippen LogP contribution in [0.25, 0.3) is 10.9 Å². The first-order valence-corrected chi connectivity index (χ1v) is 12.4. The Morgan fingerprint density at radius 1 is 1.22 bits per heavy atom. The number of dihydropyridines is 1. The molecule has 166 valence electrons. The Morgan fingerprint density at radius 3 is 2.88 bits per heavy atom. The Balaban J connectivity index is 1.37. The summed E-state index contributed by atoms with van der Waals surface area (Å²) in [6.45, 7) is 0.897. The highest BCUT2D eigenvalue weighted by atomic mass is 32.2. The van der Waals surface area contributed by atoms with Crippen molar-refractivity contribution in [1.29, 1.82) is 0 Å². The molecule has 1 aliphatic carbocycles. The molecule has 3 atom stereocenters. The van der Waals surface area contributed by atoms with Crippen molar-refractivity contribution < 1.29 is 9.90 Å². The molecule has 1 aromatic heterocycles. The van der Waals surface area contributed by atoms with Crippen LogP contribution in [0.2, 0.25) is 0 Å². The number of nitrogens with one attached hydrogen (secondary N) is 1. The van der Waals surface area contributed by atoms with Gasteiger partial charge < -0.3 is 10.4 Å². The van der Waals surface area contributed by atoms with Crippen LogP contribution in [0.15, 0.2) is 52.0 Å². The number of aliphatic hydroxyl groups is 1. The van der Waals surface area contributed by atoms with Crippen molar-refractivity contribution in [1.82, 2.24) is 10.3 Å². The van der Waals surface area contributed by atoms with Crippen molar-refractivity contribution in [2.75, 3.05) is 12.3 Å². The van der Waals surface area contributed by atoms with Gasteiger partial charge in [-0.2, -0.15) is 0 Å². The summed E-state index contributed by atoms with van der Waals surface area (Å²) in [6, 6.07) is 9.79. The number of aromatic nitrogens is 1. The highest BCUT2D eigenvalue weighted by Crippen LogP contribution is 2.26. The Bertz CT molecular complexity index is 1110. The summed E-state index contributed by atoms with van der Waals surface area (Å²) in [5.74, 6) is 0.842. The molecule has 1 saturated carbocycles. The lowest BCUT2D eigenvalue weighted by Crippen LogP contribution is -2.45. The third-order valence-corrected chi connectivity index (χ3v) is 7.48. The molecule has 3 heterocycles. The molecule has 0 bridgehead atoms. The molecule has 1 aromatic carbocycles. The van der Waals surface area contributed by atoms with E-state index in [2.05, 4.69) is 27.4 Å². The number of nitrogens with zero attached hydrogens (tertiary/aromatic N) is 3. The first kappa shape index (κ1) is 21.3. The molecule has 0 radical (unpaired) electrons. The normalized spacial score (nSPS) is 25.5. The van der Waals surface area contributed by atoms with Gasteiger partial charge in [-0.05, 0) is 49.0 Å². The van der Waals surface area contributed by atoms with E-state index in [0.29, 0.717) is 12.1 Å². The fourth-order valence-electron chi connectivity index (χ4n) is 4.65. The fraction of sp³-hybridized carbons (Fsp3) is 0.440. The number of rotatable bonds is 5. The second kappa shape index (κ2) is 9.55. The van der Waals surface area contributed by atoms with Gasteiger partial charge in [0.1, 0.15) is 11.7 Å². The highest BCUT2D eigenvalue weighted by Gasteiger charge is 2.26. The van der Waals surface area contributed by atoms with Crippen molar-refractivity contribution >= 4 is 39.8 Å². The molecule has 3 aliphatic rings. The molecule has 5 rings (SSSR count). The maximum Gasteiger partial charge on any atom is 0.270 e. The summed E-state index contributed by atoms with van der Waals surface area (Å²) in [5.41, 5.74) is 3.42. The van der Waals surface area contributed by atoms with Gasteiger partial charge in [-0.1, -0.05) is 37.1 Å². The van der Waals surface area contributed by atoms with Gasteiger partial charge in [0.2, 0.25) is 0 Å². The molecule has 3 unspecified atom stereocenters. The molecular weight excluding hydrogens is 420 g/mol. The summed E-state index contributed by atoms with van der Waals surface area (Å²) < 4.78 is 0. The van der Waals surface area contributed by atoms with Gasteiger partial charge in [0.15, 0.2) is 0 Å². The summed E-state index contributed by atoms with van der Waals surface area (Å²) in [5, 5.41) is 15.4. The molecule has 7 heteroatoms. The third-order valence-electron chi connectivity index (χ3n) is 6.39. The maximum atomic E-state index is 13.0. The minimum absolute atomic E-state index is 0.156. The van der Waals surface area contributed by atoms with Crippen LogP contribution in [0.5, 0.6) is 0 Å². The van der Waals surface area contributed by atoms with E-state index >= 15 is 0 Å². The Morgan fingerprint density at radius 2 is 2.09 bits per heavy atom. The molecule has 1 fully saturated rings. The molecule has 0 spiro atoms. The SMILES string of the molecule is O=C(NC1CCCCC1O)c1cc(CC2=CCC(C3=NCCS3)N=C2)c2ccccc2n1. The number of carbonyl (C=O) groups excluding carboxylic acids is 1. The number of para-hydroxylation sites is 1. The van der Waals surface area contributed by atoms with E-state index in [-0.39, 0.29) is 18.0 Å². The minimum Gasteiger partial charge on any atom is -0.391 e. The molecule has 2 aromatic rings. The van der Waals surface area contributed by atoms with Gasteiger partial charge in [0.25, 0.3) is 5.91 Å². The Hall–Kier alpha value is -2.51. The van der Waals surface area contributed by atoms with E-state index in [1.54, 1.807) is 0 Å². The summed E-state index contributed by atoms with van der Waals surface area (Å²) in [4.78, 5) is 26.9. The standard InChI is InChI=1S/C25H28N4O2S/c30-23-8-4-3-7-20(23)29-24(31)22-14-17(18-5-1-2-6-19(18)28-22)13-16-9-10-21(27-15-16)25-26-11-12-32-25/h1-2,5-6,9,14-15,20-21,23,30H,3-4,7-8,10-13H2,(H,29,31). The molecule has 1 amide bonds. The van der Waals surface area contributed by atoms with Gasteiger partial charge in [0, 0.05) is 23.9 Å². The lowest BCUT2D eigenvalue weighted by molar-refractivity contribution is 0.0714. The van der Waals surface area contributed by atoms with Crippen LogP contribution >= 0.6 is 11.8 Å². The number of carbonyl (C=O) groups is 1. The molecule has 2 N–H and O–H groups in total. The number of amides is 1. The maximum absolute atomic E-state index is 13.0. The molecule has 2 aliphatic heterocycles. The quantitative estimate of drug-likeness (QED) is 0.730. The summed E-state index contributed by atoms with van der Waals surface area (Å²) in [6.07, 6.45) is 8.87. The van der Waals surface area contributed by atoms with Crippen molar-refractivity contribution in [3.05, 3.63) is 53.2 Å². The zero-order valence-corrected chi connectivity index (χ0v) is 18.9. The topological polar surface area (TPSA) is 86.9 Å². The van der Waals surface area contributed by atoms with E-state index in [0.717, 1.165) is 71.5 Å². The van der Waals surface area contributed by atoms with Crippen LogP contribution in [0, 0.1) is 0 Å². The molecule has 0 saturated heterocycles.